The van der Waals surface area contributed by atoms with Gasteiger partial charge in [0, 0.05) is 0 Å². The summed E-state index contributed by atoms with van der Waals surface area (Å²) in [5, 5.41) is 0. The van der Waals surface area contributed by atoms with Gasteiger partial charge in [-0.05, 0) is 18.9 Å². The lowest BCUT2D eigenvalue weighted by Gasteiger charge is -2.29. The number of epoxide rings is 1. The molecule has 0 N–H and O–H groups in total. The topological polar surface area (TPSA) is 38.8 Å². The Morgan fingerprint density at radius 2 is 2.00 bits per heavy atom. The van der Waals surface area contributed by atoms with E-state index in [1.54, 1.807) is 0 Å². The Bertz CT molecular complexity index is 456. The number of carbonyl (C=O) groups excluding carboxylic acids is 1. The molecule has 1 aromatic carbocycles. The molecule has 1 aromatic rings. The van der Waals surface area contributed by atoms with Crippen LogP contribution in [0.5, 0.6) is 0 Å². The largest absolute Gasteiger partial charge is 0.449 e. The van der Waals surface area contributed by atoms with Gasteiger partial charge >= 0.3 is 5.97 Å². The van der Waals surface area contributed by atoms with Gasteiger partial charge in [-0.3, -0.25) is 0 Å². The zero-order valence-electron chi connectivity index (χ0n) is 10.1. The van der Waals surface area contributed by atoms with Gasteiger partial charge in [0.25, 0.3) is 0 Å². The minimum atomic E-state index is -0.703. The van der Waals surface area contributed by atoms with Crippen molar-refractivity contribution in [3.05, 3.63) is 35.9 Å². The maximum absolute atomic E-state index is 11.9. The van der Waals surface area contributed by atoms with Gasteiger partial charge in [0.05, 0.1) is 0 Å². The Hall–Kier alpha value is -1.35. The lowest BCUT2D eigenvalue weighted by atomic mass is 9.84. The van der Waals surface area contributed by atoms with Gasteiger partial charge in [-0.15, -0.1) is 0 Å². The number of cyclic esters (lactones) is 1. The highest BCUT2D eigenvalue weighted by Gasteiger charge is 2.76. The molecule has 0 radical (unpaired) electrons. The number of benzene rings is 1. The summed E-state index contributed by atoms with van der Waals surface area (Å²) in [5.74, 6) is -0.222. The molecule has 3 nitrogen and oxygen atoms in total. The second kappa shape index (κ2) is 3.33. The molecule has 0 unspecified atom stereocenters. The van der Waals surface area contributed by atoms with E-state index in [2.05, 4.69) is 6.92 Å². The first-order chi connectivity index (χ1) is 8.13. The van der Waals surface area contributed by atoms with Crippen molar-refractivity contribution in [3.8, 4) is 0 Å². The second-order valence-electron chi connectivity index (χ2n) is 5.00. The fraction of sp³-hybridized carbons (Fsp3) is 0.500. The number of hydrogen-bond donors (Lipinski definition) is 0. The summed E-state index contributed by atoms with van der Waals surface area (Å²) in [5.41, 5.74) is -0.228. The van der Waals surface area contributed by atoms with E-state index in [1.165, 1.54) is 0 Å². The highest BCUT2D eigenvalue weighted by Crippen LogP contribution is 2.58. The lowest BCUT2D eigenvalue weighted by molar-refractivity contribution is -0.166. The van der Waals surface area contributed by atoms with Gasteiger partial charge < -0.3 is 9.47 Å². The van der Waals surface area contributed by atoms with Gasteiger partial charge in [-0.25, -0.2) is 4.79 Å². The zero-order chi connectivity index (χ0) is 12.1. The van der Waals surface area contributed by atoms with Crippen molar-refractivity contribution < 1.29 is 14.3 Å². The minimum Gasteiger partial charge on any atom is -0.449 e. The van der Waals surface area contributed by atoms with E-state index in [9.17, 15) is 4.79 Å². The summed E-state index contributed by atoms with van der Waals surface area (Å²) < 4.78 is 11.3. The highest BCUT2D eigenvalue weighted by molar-refractivity contribution is 5.87. The van der Waals surface area contributed by atoms with E-state index in [0.29, 0.717) is 0 Å². The van der Waals surface area contributed by atoms with E-state index < -0.39 is 11.2 Å². The molecule has 0 amide bonds. The van der Waals surface area contributed by atoms with Crippen LogP contribution >= 0.6 is 0 Å². The number of carbonyl (C=O) groups is 1. The van der Waals surface area contributed by atoms with Crippen LogP contribution in [0.1, 0.15) is 32.3 Å². The summed E-state index contributed by atoms with van der Waals surface area (Å²) in [7, 11) is 0. The van der Waals surface area contributed by atoms with Crippen LogP contribution in [-0.2, 0) is 19.9 Å². The van der Waals surface area contributed by atoms with E-state index in [0.717, 1.165) is 18.4 Å². The number of ether oxygens (including phenoxy) is 2. The highest BCUT2D eigenvalue weighted by atomic mass is 16.7. The molecule has 0 aliphatic carbocycles. The Balaban J connectivity index is 2.05. The van der Waals surface area contributed by atoms with Crippen LogP contribution in [0.15, 0.2) is 30.3 Å². The van der Waals surface area contributed by atoms with Crippen molar-refractivity contribution in [3.63, 3.8) is 0 Å². The summed E-state index contributed by atoms with van der Waals surface area (Å²) in [6.07, 6.45) is 1.64. The van der Waals surface area contributed by atoms with Crippen molar-refractivity contribution >= 4 is 5.97 Å². The van der Waals surface area contributed by atoms with Gasteiger partial charge in [-0.1, -0.05) is 43.7 Å². The van der Waals surface area contributed by atoms with Crippen molar-refractivity contribution in [1.82, 2.24) is 0 Å². The molecule has 0 aromatic heterocycles. The molecule has 2 heterocycles. The standard InChI is InChI=1S/C14H16O3/c1-3-9-14(10-7-5-4-6-8-10)11-13(2,16-11)12(15)17-14/h4-8,11H,3,9H2,1-2H3/t11-,13+,14-/m0/s1. The Kier molecular flexibility index (Phi) is 2.11. The monoisotopic (exact) mass is 232 g/mol. The molecule has 0 spiro atoms. The molecule has 3 heteroatoms. The van der Waals surface area contributed by atoms with E-state index in [4.69, 9.17) is 9.47 Å². The van der Waals surface area contributed by atoms with Gasteiger partial charge in [0.1, 0.15) is 6.10 Å². The third kappa shape index (κ3) is 1.29. The number of fused-ring (bicyclic) bond motifs is 1. The number of rotatable bonds is 3. The second-order valence-corrected chi connectivity index (χ2v) is 5.00. The molecule has 17 heavy (non-hydrogen) atoms. The normalized spacial score (nSPS) is 38.7. The van der Waals surface area contributed by atoms with Crippen molar-refractivity contribution in [1.29, 1.82) is 0 Å². The van der Waals surface area contributed by atoms with Gasteiger partial charge in [0.15, 0.2) is 11.2 Å². The lowest BCUT2D eigenvalue weighted by Crippen LogP contribution is -2.32. The molecule has 2 saturated heterocycles. The third-order valence-corrected chi connectivity index (χ3v) is 3.79. The average Bonchev–Trinajstić information content (AvgIpc) is 2.99. The molecule has 0 saturated carbocycles. The molecular formula is C14H16O3. The first-order valence-corrected chi connectivity index (χ1v) is 6.10. The molecule has 2 aliphatic heterocycles. The van der Waals surface area contributed by atoms with Crippen molar-refractivity contribution in [2.24, 2.45) is 0 Å². The third-order valence-electron chi connectivity index (χ3n) is 3.79. The molecular weight excluding hydrogens is 216 g/mol. The quantitative estimate of drug-likeness (QED) is 0.593. The fourth-order valence-electron chi connectivity index (χ4n) is 2.85. The maximum atomic E-state index is 11.9. The van der Waals surface area contributed by atoms with E-state index in [1.807, 2.05) is 37.3 Å². The predicted octanol–water partition coefficient (Wildman–Crippen LogP) is 2.40. The zero-order valence-corrected chi connectivity index (χ0v) is 10.1. The minimum absolute atomic E-state index is 0.121. The Morgan fingerprint density at radius 1 is 1.29 bits per heavy atom. The smallest absolute Gasteiger partial charge is 0.342 e. The van der Waals surface area contributed by atoms with Crippen LogP contribution in [0, 0.1) is 0 Å². The first kappa shape index (κ1) is 10.8. The van der Waals surface area contributed by atoms with Crippen LogP contribution in [0.25, 0.3) is 0 Å². The molecule has 0 bridgehead atoms. The Morgan fingerprint density at radius 3 is 2.47 bits per heavy atom. The van der Waals surface area contributed by atoms with E-state index >= 15 is 0 Å². The fourth-order valence-corrected chi connectivity index (χ4v) is 2.85. The molecule has 3 atom stereocenters. The SMILES string of the molecule is CCC[C@@]1(c2ccccc2)OC(=O)[C@]2(C)O[C@@H]21. The summed E-state index contributed by atoms with van der Waals surface area (Å²) in [6.45, 7) is 3.91. The predicted molar refractivity (Wildman–Crippen MR) is 62.4 cm³/mol. The summed E-state index contributed by atoms with van der Waals surface area (Å²) in [6, 6.07) is 9.93. The van der Waals surface area contributed by atoms with Gasteiger partial charge in [-0.2, -0.15) is 0 Å². The van der Waals surface area contributed by atoms with Crippen LogP contribution in [0.2, 0.25) is 0 Å². The van der Waals surface area contributed by atoms with Crippen LogP contribution in [-0.4, -0.2) is 17.7 Å². The molecule has 3 rings (SSSR count). The molecule has 90 valence electrons. The molecule has 2 aliphatic rings. The van der Waals surface area contributed by atoms with E-state index in [-0.39, 0.29) is 12.1 Å². The van der Waals surface area contributed by atoms with Crippen molar-refractivity contribution in [2.75, 3.05) is 0 Å². The summed E-state index contributed by atoms with van der Waals surface area (Å²) in [4.78, 5) is 11.9. The summed E-state index contributed by atoms with van der Waals surface area (Å²) >= 11 is 0. The number of hydrogen-bond acceptors (Lipinski definition) is 3. The first-order valence-electron chi connectivity index (χ1n) is 6.10. The molecule has 2 fully saturated rings. The average molecular weight is 232 g/mol. The Labute approximate surface area is 101 Å². The number of esters is 1. The van der Waals surface area contributed by atoms with Crippen LogP contribution < -0.4 is 0 Å². The maximum Gasteiger partial charge on any atom is 0.342 e. The van der Waals surface area contributed by atoms with Crippen molar-refractivity contribution in [2.45, 2.75) is 44.0 Å². The van der Waals surface area contributed by atoms with Gasteiger partial charge in [0.2, 0.25) is 0 Å². The van der Waals surface area contributed by atoms with Crippen LogP contribution in [0.3, 0.4) is 0 Å². The van der Waals surface area contributed by atoms with Crippen LogP contribution in [0.4, 0.5) is 0 Å².